The second-order valence-electron chi connectivity index (χ2n) is 5.45. The summed E-state index contributed by atoms with van der Waals surface area (Å²) < 4.78 is 13.8. The Bertz CT molecular complexity index is 826. The van der Waals surface area contributed by atoms with Crippen molar-refractivity contribution in [3.8, 4) is 0 Å². The average molecular weight is 332 g/mol. The third-order valence-corrected chi connectivity index (χ3v) is 3.76. The normalized spacial score (nSPS) is 11.8. The largest absolute Gasteiger partial charge is 0.479 e. The number of amides is 1. The summed E-state index contributed by atoms with van der Waals surface area (Å²) in [5, 5.41) is 11.6. The van der Waals surface area contributed by atoms with Gasteiger partial charge in [-0.25, -0.2) is 9.18 Å². The molecule has 1 aromatic carbocycles. The molecule has 0 spiro atoms. The number of aromatic amines is 1. The molecule has 2 aromatic rings. The number of carboxylic acid groups (broad SMARTS) is 1. The summed E-state index contributed by atoms with van der Waals surface area (Å²) in [5.74, 6) is -3.04. The minimum atomic E-state index is -1.54. The lowest BCUT2D eigenvalue weighted by Gasteiger charge is -2.15. The predicted molar refractivity (Wildman–Crippen MR) is 84.5 cm³/mol. The second kappa shape index (κ2) is 6.66. The van der Waals surface area contributed by atoms with Crippen molar-refractivity contribution in [3.05, 3.63) is 58.2 Å². The first-order chi connectivity index (χ1) is 11.2. The number of aryl methyl sites for hydroxylation is 1. The van der Waals surface area contributed by atoms with Crippen LogP contribution < -0.4 is 5.32 Å². The number of H-pyrrole nitrogens is 1. The Morgan fingerprint density at radius 3 is 2.33 bits per heavy atom. The molecule has 1 atom stereocenters. The molecule has 24 heavy (non-hydrogen) atoms. The first-order valence-electron chi connectivity index (χ1n) is 7.22. The maximum Gasteiger partial charge on any atom is 0.331 e. The molecule has 0 aliphatic heterocycles. The van der Waals surface area contributed by atoms with E-state index in [0.29, 0.717) is 16.8 Å². The molecule has 0 fully saturated rings. The van der Waals surface area contributed by atoms with Crippen LogP contribution in [0.25, 0.3) is 0 Å². The lowest BCUT2D eigenvalue weighted by Crippen LogP contribution is -2.34. The Morgan fingerprint density at radius 2 is 1.83 bits per heavy atom. The predicted octanol–water partition coefficient (Wildman–Crippen LogP) is 2.53. The molecule has 0 aliphatic carbocycles. The van der Waals surface area contributed by atoms with Gasteiger partial charge in [-0.05, 0) is 32.4 Å². The standard InChI is InChI=1S/C17H17FN2O4/c1-8-13(10(3)21)9(2)19-14(8)16(22)20-15(17(23)24)11-6-4-5-7-12(11)18/h4-7,15,19H,1-3H3,(H,20,22)(H,23,24). The zero-order chi connectivity index (χ0) is 18.0. The summed E-state index contributed by atoms with van der Waals surface area (Å²) in [5.41, 5.74) is 1.27. The quantitative estimate of drug-likeness (QED) is 0.733. The molecule has 1 amide bonds. The van der Waals surface area contributed by atoms with Crippen molar-refractivity contribution in [1.29, 1.82) is 0 Å². The first-order valence-corrected chi connectivity index (χ1v) is 7.22. The SMILES string of the molecule is CC(=O)c1c(C)[nH]c(C(=O)NC(C(=O)O)c2ccccc2F)c1C. The van der Waals surface area contributed by atoms with Crippen molar-refractivity contribution in [2.75, 3.05) is 0 Å². The van der Waals surface area contributed by atoms with Gasteiger partial charge in [-0.2, -0.15) is 0 Å². The van der Waals surface area contributed by atoms with Gasteiger partial charge in [0, 0.05) is 16.8 Å². The molecule has 7 heteroatoms. The van der Waals surface area contributed by atoms with Crippen molar-refractivity contribution < 1.29 is 23.9 Å². The van der Waals surface area contributed by atoms with E-state index in [1.54, 1.807) is 13.8 Å². The maximum atomic E-state index is 13.8. The molecule has 1 heterocycles. The molecular weight excluding hydrogens is 315 g/mol. The zero-order valence-corrected chi connectivity index (χ0v) is 13.4. The number of hydrogen-bond acceptors (Lipinski definition) is 3. The summed E-state index contributed by atoms with van der Waals surface area (Å²) >= 11 is 0. The summed E-state index contributed by atoms with van der Waals surface area (Å²) in [6.07, 6.45) is 0. The highest BCUT2D eigenvalue weighted by Crippen LogP contribution is 2.21. The van der Waals surface area contributed by atoms with Crippen molar-refractivity contribution in [1.82, 2.24) is 10.3 Å². The molecule has 2 rings (SSSR count). The van der Waals surface area contributed by atoms with Gasteiger partial charge < -0.3 is 15.4 Å². The van der Waals surface area contributed by atoms with E-state index in [2.05, 4.69) is 10.3 Å². The number of Topliss-reactive ketones (excluding diaryl/α,β-unsaturated/α-hetero) is 1. The van der Waals surface area contributed by atoms with Crippen LogP contribution >= 0.6 is 0 Å². The molecule has 0 saturated carbocycles. The molecule has 0 bridgehead atoms. The van der Waals surface area contributed by atoms with Gasteiger partial charge in [-0.1, -0.05) is 18.2 Å². The van der Waals surface area contributed by atoms with E-state index in [1.807, 2.05) is 0 Å². The maximum absolute atomic E-state index is 13.8. The van der Waals surface area contributed by atoms with E-state index in [-0.39, 0.29) is 17.0 Å². The number of ketones is 1. The number of carboxylic acids is 1. The van der Waals surface area contributed by atoms with Gasteiger partial charge in [0.25, 0.3) is 5.91 Å². The number of aromatic nitrogens is 1. The van der Waals surface area contributed by atoms with Crippen molar-refractivity contribution in [2.24, 2.45) is 0 Å². The van der Waals surface area contributed by atoms with E-state index in [4.69, 9.17) is 0 Å². The lowest BCUT2D eigenvalue weighted by atomic mass is 10.0. The van der Waals surface area contributed by atoms with Crippen LogP contribution in [0, 0.1) is 19.7 Å². The zero-order valence-electron chi connectivity index (χ0n) is 13.4. The van der Waals surface area contributed by atoms with Crippen LogP contribution in [-0.4, -0.2) is 27.8 Å². The van der Waals surface area contributed by atoms with Crippen LogP contribution in [-0.2, 0) is 4.79 Å². The fourth-order valence-corrected chi connectivity index (χ4v) is 2.69. The first kappa shape index (κ1) is 17.4. The highest BCUT2D eigenvalue weighted by Gasteiger charge is 2.27. The van der Waals surface area contributed by atoms with Crippen LogP contribution in [0.2, 0.25) is 0 Å². The second-order valence-corrected chi connectivity index (χ2v) is 5.45. The van der Waals surface area contributed by atoms with Gasteiger partial charge >= 0.3 is 5.97 Å². The van der Waals surface area contributed by atoms with Gasteiger partial charge in [0.15, 0.2) is 11.8 Å². The number of carbonyl (C=O) groups is 3. The number of benzene rings is 1. The Hall–Kier alpha value is -2.96. The number of rotatable bonds is 5. The molecule has 0 aliphatic rings. The van der Waals surface area contributed by atoms with E-state index in [1.165, 1.54) is 25.1 Å². The van der Waals surface area contributed by atoms with Crippen LogP contribution in [0.4, 0.5) is 4.39 Å². The summed E-state index contributed by atoms with van der Waals surface area (Å²) in [6.45, 7) is 4.62. The summed E-state index contributed by atoms with van der Waals surface area (Å²) in [6, 6.07) is 3.79. The number of carbonyl (C=O) groups excluding carboxylic acids is 2. The van der Waals surface area contributed by atoms with Gasteiger partial charge in [-0.3, -0.25) is 9.59 Å². The fraction of sp³-hybridized carbons (Fsp3) is 0.235. The molecule has 1 unspecified atom stereocenters. The Kier molecular flexibility index (Phi) is 4.82. The third-order valence-electron chi connectivity index (χ3n) is 3.76. The molecule has 0 saturated heterocycles. The topological polar surface area (TPSA) is 99.3 Å². The molecule has 6 nitrogen and oxygen atoms in total. The molecule has 0 radical (unpaired) electrons. The van der Waals surface area contributed by atoms with E-state index < -0.39 is 23.7 Å². The van der Waals surface area contributed by atoms with Crippen molar-refractivity contribution in [2.45, 2.75) is 26.8 Å². The Morgan fingerprint density at radius 1 is 1.21 bits per heavy atom. The smallest absolute Gasteiger partial charge is 0.331 e. The van der Waals surface area contributed by atoms with Gasteiger partial charge in [0.1, 0.15) is 11.5 Å². The fourth-order valence-electron chi connectivity index (χ4n) is 2.69. The minimum absolute atomic E-state index is 0.0836. The van der Waals surface area contributed by atoms with E-state index in [9.17, 15) is 23.9 Å². The molecule has 126 valence electrons. The number of halogens is 1. The van der Waals surface area contributed by atoms with Crippen molar-refractivity contribution in [3.63, 3.8) is 0 Å². The minimum Gasteiger partial charge on any atom is -0.479 e. The highest BCUT2D eigenvalue weighted by atomic mass is 19.1. The van der Waals surface area contributed by atoms with Crippen LogP contribution in [0.1, 0.15) is 50.6 Å². The molecule has 1 aromatic heterocycles. The average Bonchev–Trinajstić information content (AvgIpc) is 2.80. The lowest BCUT2D eigenvalue weighted by molar-refractivity contribution is -0.139. The molecular formula is C17H17FN2O4. The Balaban J connectivity index is 2.37. The van der Waals surface area contributed by atoms with Crippen LogP contribution in [0.15, 0.2) is 24.3 Å². The summed E-state index contributed by atoms with van der Waals surface area (Å²) in [4.78, 5) is 38.3. The van der Waals surface area contributed by atoms with Crippen LogP contribution in [0.3, 0.4) is 0 Å². The monoisotopic (exact) mass is 332 g/mol. The number of nitrogens with one attached hydrogen (secondary N) is 2. The van der Waals surface area contributed by atoms with Crippen molar-refractivity contribution >= 4 is 17.7 Å². The van der Waals surface area contributed by atoms with Crippen LogP contribution in [0.5, 0.6) is 0 Å². The molecule has 3 N–H and O–H groups in total. The van der Waals surface area contributed by atoms with Gasteiger partial charge in [-0.15, -0.1) is 0 Å². The van der Waals surface area contributed by atoms with Gasteiger partial charge in [0.05, 0.1) is 0 Å². The highest BCUT2D eigenvalue weighted by molar-refractivity contribution is 6.03. The van der Waals surface area contributed by atoms with E-state index in [0.717, 1.165) is 6.07 Å². The number of hydrogen-bond donors (Lipinski definition) is 3. The number of aliphatic carboxylic acids is 1. The summed E-state index contributed by atoms with van der Waals surface area (Å²) in [7, 11) is 0. The van der Waals surface area contributed by atoms with E-state index >= 15 is 0 Å². The third kappa shape index (κ3) is 3.19. The van der Waals surface area contributed by atoms with Gasteiger partial charge in [0.2, 0.25) is 0 Å². The Labute approximate surface area is 137 Å².